The highest BCUT2D eigenvalue weighted by Crippen LogP contribution is 2.15. The average molecular weight is 162 g/mol. The van der Waals surface area contributed by atoms with Crippen LogP contribution in [0.15, 0.2) is 36.4 Å². The van der Waals surface area contributed by atoms with Crippen molar-refractivity contribution in [1.82, 2.24) is 0 Å². The number of phenols is 1. The molecular formula is C10H10O2. The Morgan fingerprint density at radius 1 is 1.33 bits per heavy atom. The van der Waals surface area contributed by atoms with Gasteiger partial charge >= 0.3 is 0 Å². The molecule has 0 fully saturated rings. The van der Waals surface area contributed by atoms with Crippen LogP contribution in [0.25, 0.3) is 0 Å². The summed E-state index contributed by atoms with van der Waals surface area (Å²) in [7, 11) is 0. The summed E-state index contributed by atoms with van der Waals surface area (Å²) in [6.07, 6.45) is 4.44. The van der Waals surface area contributed by atoms with E-state index in [1.54, 1.807) is 18.2 Å². The van der Waals surface area contributed by atoms with E-state index in [0.29, 0.717) is 6.42 Å². The first kappa shape index (κ1) is 8.53. The number of rotatable bonds is 3. The molecule has 1 N–H and O–H groups in total. The molecule has 0 aromatic heterocycles. The minimum atomic E-state index is 0.271. The molecule has 0 aliphatic rings. The van der Waals surface area contributed by atoms with E-state index in [1.165, 1.54) is 6.08 Å². The highest BCUT2D eigenvalue weighted by molar-refractivity contribution is 5.64. The molecule has 0 aliphatic heterocycles. The van der Waals surface area contributed by atoms with Crippen molar-refractivity contribution in [3.63, 3.8) is 0 Å². The van der Waals surface area contributed by atoms with Gasteiger partial charge in [-0.3, -0.25) is 4.79 Å². The van der Waals surface area contributed by atoms with Crippen molar-refractivity contribution >= 4 is 6.29 Å². The fourth-order valence-corrected chi connectivity index (χ4v) is 0.934. The molecule has 0 unspecified atom stereocenters. The number of hydrogen-bond donors (Lipinski definition) is 1. The van der Waals surface area contributed by atoms with Gasteiger partial charge in [0.05, 0.1) is 0 Å². The van der Waals surface area contributed by atoms with Gasteiger partial charge in [0.25, 0.3) is 0 Å². The van der Waals surface area contributed by atoms with Crippen LogP contribution in [-0.2, 0) is 11.2 Å². The smallest absolute Gasteiger partial charge is 0.142 e. The summed E-state index contributed by atoms with van der Waals surface area (Å²) in [6, 6.07) is 7.07. The number of hydrogen-bond acceptors (Lipinski definition) is 2. The summed E-state index contributed by atoms with van der Waals surface area (Å²) in [5.41, 5.74) is 0.829. The van der Waals surface area contributed by atoms with Crippen molar-refractivity contribution in [1.29, 1.82) is 0 Å². The summed E-state index contributed by atoms with van der Waals surface area (Å²) < 4.78 is 0. The van der Waals surface area contributed by atoms with Crippen LogP contribution in [0, 0.1) is 0 Å². The van der Waals surface area contributed by atoms with Crippen LogP contribution in [0.1, 0.15) is 5.56 Å². The molecule has 0 saturated heterocycles. The Morgan fingerprint density at radius 2 is 2.08 bits per heavy atom. The van der Waals surface area contributed by atoms with Crippen molar-refractivity contribution in [2.45, 2.75) is 6.42 Å². The van der Waals surface area contributed by atoms with E-state index in [2.05, 4.69) is 0 Å². The first-order valence-corrected chi connectivity index (χ1v) is 3.72. The zero-order valence-corrected chi connectivity index (χ0v) is 6.60. The number of carbonyl (C=O) groups excluding carboxylic acids is 1. The Kier molecular flexibility index (Phi) is 3.08. The number of benzene rings is 1. The van der Waals surface area contributed by atoms with Crippen molar-refractivity contribution in [2.24, 2.45) is 0 Å². The Balaban J connectivity index is 2.69. The van der Waals surface area contributed by atoms with E-state index in [1.807, 2.05) is 12.1 Å². The van der Waals surface area contributed by atoms with E-state index in [9.17, 15) is 9.90 Å². The lowest BCUT2D eigenvalue weighted by molar-refractivity contribution is -0.104. The van der Waals surface area contributed by atoms with Gasteiger partial charge in [-0.1, -0.05) is 24.3 Å². The topological polar surface area (TPSA) is 37.3 Å². The van der Waals surface area contributed by atoms with E-state index in [4.69, 9.17) is 0 Å². The van der Waals surface area contributed by atoms with Crippen molar-refractivity contribution in [3.05, 3.63) is 42.0 Å². The molecule has 1 aromatic carbocycles. The maximum absolute atomic E-state index is 9.93. The number of para-hydroxylation sites is 1. The van der Waals surface area contributed by atoms with Crippen LogP contribution in [0.3, 0.4) is 0 Å². The van der Waals surface area contributed by atoms with Gasteiger partial charge in [0, 0.05) is 0 Å². The van der Waals surface area contributed by atoms with E-state index >= 15 is 0 Å². The minimum absolute atomic E-state index is 0.271. The normalized spacial score (nSPS) is 10.3. The SMILES string of the molecule is O=C/C=C/Cc1ccccc1O. The zero-order valence-electron chi connectivity index (χ0n) is 6.60. The van der Waals surface area contributed by atoms with E-state index in [0.717, 1.165) is 11.8 Å². The fraction of sp³-hybridized carbons (Fsp3) is 0.100. The lowest BCUT2D eigenvalue weighted by atomic mass is 10.1. The van der Waals surface area contributed by atoms with Gasteiger partial charge < -0.3 is 5.11 Å². The third kappa shape index (κ3) is 2.23. The molecule has 0 spiro atoms. The molecule has 1 aromatic rings. The molecule has 2 heteroatoms. The molecule has 2 nitrogen and oxygen atoms in total. The van der Waals surface area contributed by atoms with Crippen LogP contribution in [-0.4, -0.2) is 11.4 Å². The standard InChI is InChI=1S/C10H10O2/c11-8-4-3-6-9-5-1-2-7-10(9)12/h1-5,7-8,12H,6H2/b4-3+. The first-order chi connectivity index (χ1) is 5.84. The second kappa shape index (κ2) is 4.34. The van der Waals surface area contributed by atoms with E-state index in [-0.39, 0.29) is 5.75 Å². The second-order valence-electron chi connectivity index (χ2n) is 2.40. The Hall–Kier alpha value is -1.57. The molecular weight excluding hydrogens is 152 g/mol. The van der Waals surface area contributed by atoms with Crippen LogP contribution in [0.5, 0.6) is 5.75 Å². The monoisotopic (exact) mass is 162 g/mol. The maximum atomic E-state index is 9.93. The minimum Gasteiger partial charge on any atom is -0.508 e. The number of aldehydes is 1. The largest absolute Gasteiger partial charge is 0.508 e. The van der Waals surface area contributed by atoms with Gasteiger partial charge in [0.2, 0.25) is 0 Å². The van der Waals surface area contributed by atoms with E-state index < -0.39 is 0 Å². The summed E-state index contributed by atoms with van der Waals surface area (Å²) in [4.78, 5) is 9.93. The molecule has 0 radical (unpaired) electrons. The highest BCUT2D eigenvalue weighted by atomic mass is 16.3. The van der Waals surface area contributed by atoms with Crippen molar-refractivity contribution in [2.75, 3.05) is 0 Å². The van der Waals surface area contributed by atoms with Crippen LogP contribution in [0.4, 0.5) is 0 Å². The molecule has 0 aliphatic carbocycles. The summed E-state index contributed by atoms with van der Waals surface area (Å²) in [5.74, 6) is 0.271. The molecule has 0 heterocycles. The van der Waals surface area contributed by atoms with Gasteiger partial charge in [-0.15, -0.1) is 0 Å². The lowest BCUT2D eigenvalue weighted by Gasteiger charge is -1.98. The molecule has 1 rings (SSSR count). The molecule has 0 saturated carbocycles. The predicted molar refractivity (Wildman–Crippen MR) is 47.0 cm³/mol. The van der Waals surface area contributed by atoms with Gasteiger partial charge in [0.15, 0.2) is 0 Å². The molecule has 0 amide bonds. The lowest BCUT2D eigenvalue weighted by Crippen LogP contribution is -1.80. The zero-order chi connectivity index (χ0) is 8.81. The number of carbonyl (C=O) groups is 1. The number of phenolic OH excluding ortho intramolecular Hbond substituents is 1. The molecule has 0 atom stereocenters. The quantitative estimate of drug-likeness (QED) is 0.542. The van der Waals surface area contributed by atoms with Crippen LogP contribution in [0.2, 0.25) is 0 Å². The Morgan fingerprint density at radius 3 is 2.75 bits per heavy atom. The van der Waals surface area contributed by atoms with Gasteiger partial charge in [-0.05, 0) is 24.1 Å². The van der Waals surface area contributed by atoms with Crippen molar-refractivity contribution < 1.29 is 9.90 Å². The first-order valence-electron chi connectivity index (χ1n) is 3.72. The van der Waals surface area contributed by atoms with Crippen LogP contribution < -0.4 is 0 Å². The Labute approximate surface area is 71.2 Å². The summed E-state index contributed by atoms with van der Waals surface area (Å²) in [6.45, 7) is 0. The fourth-order valence-electron chi connectivity index (χ4n) is 0.934. The van der Waals surface area contributed by atoms with Crippen molar-refractivity contribution in [3.8, 4) is 5.75 Å². The maximum Gasteiger partial charge on any atom is 0.142 e. The van der Waals surface area contributed by atoms with Gasteiger partial charge in [-0.2, -0.15) is 0 Å². The number of aromatic hydroxyl groups is 1. The number of allylic oxidation sites excluding steroid dienone is 2. The second-order valence-corrected chi connectivity index (χ2v) is 2.40. The summed E-state index contributed by atoms with van der Waals surface area (Å²) >= 11 is 0. The Bertz CT molecular complexity index is 290. The predicted octanol–water partition coefficient (Wildman–Crippen LogP) is 1.69. The summed E-state index contributed by atoms with van der Waals surface area (Å²) in [5, 5.41) is 9.29. The average Bonchev–Trinajstić information content (AvgIpc) is 2.09. The third-order valence-electron chi connectivity index (χ3n) is 1.54. The highest BCUT2D eigenvalue weighted by Gasteiger charge is 1.94. The van der Waals surface area contributed by atoms with Gasteiger partial charge in [0.1, 0.15) is 12.0 Å². The molecule has 62 valence electrons. The molecule has 12 heavy (non-hydrogen) atoms. The van der Waals surface area contributed by atoms with Gasteiger partial charge in [-0.25, -0.2) is 0 Å². The third-order valence-corrected chi connectivity index (χ3v) is 1.54. The molecule has 0 bridgehead atoms. The van der Waals surface area contributed by atoms with Crippen LogP contribution >= 0.6 is 0 Å².